The highest BCUT2D eigenvalue weighted by Crippen LogP contribution is 2.35. The Labute approximate surface area is 189 Å². The third-order valence-electron chi connectivity index (χ3n) is 6.70. The van der Waals surface area contributed by atoms with E-state index < -0.39 is 0 Å². The average molecular weight is 442 g/mol. The van der Waals surface area contributed by atoms with Crippen molar-refractivity contribution in [2.75, 3.05) is 47.6 Å². The van der Waals surface area contributed by atoms with Gasteiger partial charge >= 0.3 is 0 Å². The van der Waals surface area contributed by atoms with E-state index in [0.29, 0.717) is 19.8 Å². The summed E-state index contributed by atoms with van der Waals surface area (Å²) in [5, 5.41) is 3.59. The first-order valence-electron chi connectivity index (χ1n) is 11.1. The summed E-state index contributed by atoms with van der Waals surface area (Å²) in [5.74, 6) is 2.16. The molecule has 0 amide bonds. The first kappa shape index (κ1) is 22.4. The van der Waals surface area contributed by atoms with E-state index in [0.717, 1.165) is 55.4 Å². The van der Waals surface area contributed by atoms with Gasteiger partial charge in [-0.15, -0.1) is 0 Å². The molecule has 7 heteroatoms. The molecule has 2 aliphatic rings. The minimum Gasteiger partial charge on any atom is -0.493 e. The zero-order valence-electron chi connectivity index (χ0n) is 19.1. The summed E-state index contributed by atoms with van der Waals surface area (Å²) in [7, 11) is 5.13. The van der Waals surface area contributed by atoms with Gasteiger partial charge in [-0.3, -0.25) is 4.99 Å². The molecule has 1 fully saturated rings. The van der Waals surface area contributed by atoms with Crippen molar-refractivity contribution in [1.29, 1.82) is 0 Å². The molecule has 0 atom stereocenters. The van der Waals surface area contributed by atoms with Crippen molar-refractivity contribution in [3.05, 3.63) is 58.9 Å². The number of halogens is 1. The lowest BCUT2D eigenvalue weighted by Gasteiger charge is -2.40. The van der Waals surface area contributed by atoms with Gasteiger partial charge in [-0.2, -0.15) is 0 Å². The van der Waals surface area contributed by atoms with Crippen LogP contribution in [0.25, 0.3) is 0 Å². The highest BCUT2D eigenvalue weighted by Gasteiger charge is 2.35. The molecule has 0 saturated carbocycles. The highest BCUT2D eigenvalue weighted by atomic mass is 19.1. The second-order valence-corrected chi connectivity index (χ2v) is 8.45. The fourth-order valence-corrected chi connectivity index (χ4v) is 4.79. The maximum atomic E-state index is 14.0. The molecule has 0 radical (unpaired) electrons. The smallest absolute Gasteiger partial charge is 0.193 e. The third-order valence-corrected chi connectivity index (χ3v) is 6.70. The van der Waals surface area contributed by atoms with Crippen molar-refractivity contribution in [3.8, 4) is 11.5 Å². The molecule has 32 heavy (non-hydrogen) atoms. The summed E-state index contributed by atoms with van der Waals surface area (Å²) in [6.45, 7) is 3.64. The Morgan fingerprint density at radius 1 is 1.12 bits per heavy atom. The Hall–Kier alpha value is -2.80. The Bertz CT molecular complexity index is 973. The number of nitrogens with one attached hydrogen (secondary N) is 1. The summed E-state index contributed by atoms with van der Waals surface area (Å²) >= 11 is 0. The van der Waals surface area contributed by atoms with Gasteiger partial charge in [0.05, 0.1) is 14.2 Å². The Kier molecular flexibility index (Phi) is 6.84. The van der Waals surface area contributed by atoms with E-state index >= 15 is 0 Å². The standard InChI is InChI=1S/C25H32FN3O3/c1-27-24(29-10-7-18-13-22(30-2)23(31-3)14-19(18)16-29)28-17-25(8-11-32-12-9-25)20-5-4-6-21(26)15-20/h4-6,13-15H,7-12,16-17H2,1-3H3,(H,27,28). The van der Waals surface area contributed by atoms with Crippen molar-refractivity contribution in [2.24, 2.45) is 4.99 Å². The Morgan fingerprint density at radius 3 is 2.50 bits per heavy atom. The van der Waals surface area contributed by atoms with Gasteiger partial charge in [-0.25, -0.2) is 4.39 Å². The number of aliphatic imine (C=N–C) groups is 1. The molecule has 1 N–H and O–H groups in total. The van der Waals surface area contributed by atoms with Gasteiger partial charge in [-0.1, -0.05) is 12.1 Å². The van der Waals surface area contributed by atoms with E-state index in [1.54, 1.807) is 26.4 Å². The van der Waals surface area contributed by atoms with Crippen LogP contribution in [0.15, 0.2) is 41.4 Å². The number of nitrogens with zero attached hydrogens (tertiary/aromatic N) is 2. The number of benzene rings is 2. The maximum Gasteiger partial charge on any atom is 0.193 e. The molecule has 6 nitrogen and oxygen atoms in total. The number of hydrogen-bond acceptors (Lipinski definition) is 4. The van der Waals surface area contributed by atoms with Gasteiger partial charge in [0.25, 0.3) is 0 Å². The first-order valence-corrected chi connectivity index (χ1v) is 11.1. The molecular weight excluding hydrogens is 409 g/mol. The van der Waals surface area contributed by atoms with Crippen LogP contribution < -0.4 is 14.8 Å². The van der Waals surface area contributed by atoms with Crippen molar-refractivity contribution >= 4 is 5.96 Å². The number of ether oxygens (including phenoxy) is 3. The fraction of sp³-hybridized carbons (Fsp3) is 0.480. The van der Waals surface area contributed by atoms with E-state index in [1.165, 1.54) is 17.2 Å². The summed E-state index contributed by atoms with van der Waals surface area (Å²) in [5.41, 5.74) is 3.32. The molecule has 2 aliphatic heterocycles. The number of hydrogen-bond donors (Lipinski definition) is 1. The van der Waals surface area contributed by atoms with Crippen LogP contribution in [-0.2, 0) is 23.1 Å². The predicted octanol–water partition coefficient (Wildman–Crippen LogP) is 3.52. The molecule has 0 bridgehead atoms. The second-order valence-electron chi connectivity index (χ2n) is 8.45. The summed E-state index contributed by atoms with van der Waals surface area (Å²) in [6.07, 6.45) is 2.60. The van der Waals surface area contributed by atoms with Gasteiger partial charge < -0.3 is 24.4 Å². The minimum absolute atomic E-state index is 0.180. The molecule has 2 aromatic carbocycles. The molecule has 172 valence electrons. The van der Waals surface area contributed by atoms with E-state index in [2.05, 4.69) is 27.3 Å². The summed E-state index contributed by atoms with van der Waals surface area (Å²) < 4.78 is 30.6. The largest absolute Gasteiger partial charge is 0.493 e. The average Bonchev–Trinajstić information content (AvgIpc) is 2.84. The lowest BCUT2D eigenvalue weighted by Crippen LogP contribution is -2.50. The third kappa shape index (κ3) is 4.53. The van der Waals surface area contributed by atoms with Crippen LogP contribution in [0, 0.1) is 5.82 Å². The fourth-order valence-electron chi connectivity index (χ4n) is 4.79. The molecule has 2 aromatic rings. The lowest BCUT2D eigenvalue weighted by molar-refractivity contribution is 0.0510. The highest BCUT2D eigenvalue weighted by molar-refractivity contribution is 5.80. The second kappa shape index (κ2) is 9.77. The SMILES string of the molecule is CN=C(NCC1(c2cccc(F)c2)CCOCC1)N1CCc2cc(OC)c(OC)cc2C1. The van der Waals surface area contributed by atoms with Gasteiger partial charge in [-0.05, 0) is 60.2 Å². The molecule has 0 aromatic heterocycles. The quantitative estimate of drug-likeness (QED) is 0.568. The molecule has 0 spiro atoms. The number of rotatable bonds is 5. The molecule has 2 heterocycles. The number of methoxy groups -OCH3 is 2. The van der Waals surface area contributed by atoms with Crippen LogP contribution in [0.3, 0.4) is 0 Å². The maximum absolute atomic E-state index is 14.0. The number of fused-ring (bicyclic) bond motifs is 1. The molecule has 0 aliphatic carbocycles. The normalized spacial score (nSPS) is 18.1. The van der Waals surface area contributed by atoms with Crippen molar-refractivity contribution in [2.45, 2.75) is 31.2 Å². The Balaban J connectivity index is 1.51. The zero-order valence-corrected chi connectivity index (χ0v) is 19.1. The van der Waals surface area contributed by atoms with Gasteiger partial charge in [0.15, 0.2) is 17.5 Å². The predicted molar refractivity (Wildman–Crippen MR) is 123 cm³/mol. The molecule has 0 unspecified atom stereocenters. The van der Waals surface area contributed by atoms with Gasteiger partial charge in [0, 0.05) is 45.3 Å². The van der Waals surface area contributed by atoms with Gasteiger partial charge in [0.2, 0.25) is 0 Å². The van der Waals surface area contributed by atoms with E-state index in [9.17, 15) is 4.39 Å². The van der Waals surface area contributed by atoms with Crippen LogP contribution in [0.1, 0.15) is 29.5 Å². The topological polar surface area (TPSA) is 55.3 Å². The van der Waals surface area contributed by atoms with Crippen molar-refractivity contribution in [1.82, 2.24) is 10.2 Å². The van der Waals surface area contributed by atoms with Crippen LogP contribution >= 0.6 is 0 Å². The van der Waals surface area contributed by atoms with Crippen LogP contribution in [0.2, 0.25) is 0 Å². The number of guanidine groups is 1. The van der Waals surface area contributed by atoms with Crippen molar-refractivity contribution < 1.29 is 18.6 Å². The van der Waals surface area contributed by atoms with Crippen LogP contribution in [0.5, 0.6) is 11.5 Å². The van der Waals surface area contributed by atoms with E-state index in [4.69, 9.17) is 14.2 Å². The van der Waals surface area contributed by atoms with Crippen LogP contribution in [-0.4, -0.2) is 58.4 Å². The minimum atomic E-state index is -0.199. The van der Waals surface area contributed by atoms with Crippen LogP contribution in [0.4, 0.5) is 4.39 Å². The summed E-state index contributed by atoms with van der Waals surface area (Å²) in [4.78, 5) is 6.81. The lowest BCUT2D eigenvalue weighted by atomic mass is 9.74. The van der Waals surface area contributed by atoms with Gasteiger partial charge in [0.1, 0.15) is 5.82 Å². The molecular formula is C25H32FN3O3. The monoisotopic (exact) mass is 441 g/mol. The molecule has 4 rings (SSSR count). The van der Waals surface area contributed by atoms with Crippen molar-refractivity contribution in [3.63, 3.8) is 0 Å². The zero-order chi connectivity index (χ0) is 22.6. The molecule has 1 saturated heterocycles. The first-order chi connectivity index (χ1) is 15.6. The summed E-state index contributed by atoms with van der Waals surface area (Å²) in [6, 6.07) is 11.1. The van der Waals surface area contributed by atoms with E-state index in [-0.39, 0.29) is 11.2 Å². The van der Waals surface area contributed by atoms with E-state index in [1.807, 2.05) is 13.1 Å². The Morgan fingerprint density at radius 2 is 1.84 bits per heavy atom.